The highest BCUT2D eigenvalue weighted by molar-refractivity contribution is 9.10. The van der Waals surface area contributed by atoms with Gasteiger partial charge in [0.25, 0.3) is 5.69 Å². The van der Waals surface area contributed by atoms with Crippen molar-refractivity contribution in [2.45, 2.75) is 38.8 Å². The van der Waals surface area contributed by atoms with Gasteiger partial charge in [-0.15, -0.1) is 0 Å². The summed E-state index contributed by atoms with van der Waals surface area (Å²) in [4.78, 5) is 13.0. The Balaban J connectivity index is 2.47. The van der Waals surface area contributed by atoms with Crippen molar-refractivity contribution in [3.05, 3.63) is 32.8 Å². The molecule has 2 rings (SSSR count). The van der Waals surface area contributed by atoms with Gasteiger partial charge < -0.3 is 4.90 Å². The quantitative estimate of drug-likeness (QED) is 0.617. The number of halogens is 1. The van der Waals surface area contributed by atoms with E-state index in [1.807, 2.05) is 12.1 Å². The van der Waals surface area contributed by atoms with Crippen molar-refractivity contribution in [1.82, 2.24) is 0 Å². The highest BCUT2D eigenvalue weighted by atomic mass is 79.9. The fraction of sp³-hybridized carbons (Fsp3) is 0.500. The van der Waals surface area contributed by atoms with Gasteiger partial charge in [-0.2, -0.15) is 0 Å². The molecule has 0 N–H and O–H groups in total. The number of nitro groups is 1. The minimum absolute atomic E-state index is 0.181. The largest absolute Gasteiger partial charge is 0.361 e. The first-order valence-electron chi connectivity index (χ1n) is 5.73. The van der Waals surface area contributed by atoms with Gasteiger partial charge in [0.2, 0.25) is 0 Å². The predicted octanol–water partition coefficient (Wildman–Crippen LogP) is 3.73. The van der Waals surface area contributed by atoms with Crippen molar-refractivity contribution < 1.29 is 4.92 Å². The van der Waals surface area contributed by atoms with Crippen LogP contribution in [0.15, 0.2) is 22.7 Å². The summed E-state index contributed by atoms with van der Waals surface area (Å²) in [6, 6.07) is 6.00. The van der Waals surface area contributed by atoms with Gasteiger partial charge in [0.05, 0.1) is 4.92 Å². The molecule has 0 unspecified atom stereocenters. The third-order valence-corrected chi connectivity index (χ3v) is 3.86. The molecule has 0 bridgehead atoms. The number of nitrogens with zero attached hydrogens (tertiary/aromatic N) is 2. The molecular weight excluding hydrogens is 284 g/mol. The van der Waals surface area contributed by atoms with Gasteiger partial charge in [-0.25, -0.2) is 0 Å². The lowest BCUT2D eigenvalue weighted by molar-refractivity contribution is -0.384. The average Bonchev–Trinajstić information content (AvgIpc) is 2.59. The summed E-state index contributed by atoms with van der Waals surface area (Å²) in [5, 5.41) is 11.1. The maximum atomic E-state index is 11.1. The highest BCUT2D eigenvalue weighted by Crippen LogP contribution is 2.37. The molecule has 1 aromatic carbocycles. The fourth-order valence-corrected chi connectivity index (χ4v) is 2.88. The first-order chi connectivity index (χ1) is 8.00. The van der Waals surface area contributed by atoms with E-state index in [1.165, 1.54) is 0 Å². The minimum Gasteiger partial charge on any atom is -0.361 e. The van der Waals surface area contributed by atoms with E-state index in [0.717, 1.165) is 23.0 Å². The maximum Gasteiger partial charge on any atom is 0.293 e. The molecule has 17 heavy (non-hydrogen) atoms. The summed E-state index contributed by atoms with van der Waals surface area (Å²) in [5.41, 5.74) is 0.913. The molecule has 1 saturated heterocycles. The summed E-state index contributed by atoms with van der Waals surface area (Å²) < 4.78 is 0.743. The Morgan fingerprint density at radius 2 is 1.94 bits per heavy atom. The summed E-state index contributed by atoms with van der Waals surface area (Å²) in [5.74, 6) is 0. The third kappa shape index (κ3) is 2.29. The minimum atomic E-state index is -0.308. The molecule has 0 amide bonds. The summed E-state index contributed by atoms with van der Waals surface area (Å²) in [7, 11) is 0. The zero-order valence-electron chi connectivity index (χ0n) is 9.89. The molecule has 1 aliphatic rings. The van der Waals surface area contributed by atoms with Gasteiger partial charge in [-0.05, 0) is 38.8 Å². The SMILES string of the molecule is C[C@@H]1CC[C@H](C)N1c1ccc(Br)cc1[N+](=O)[O-]. The van der Waals surface area contributed by atoms with E-state index in [2.05, 4.69) is 34.7 Å². The van der Waals surface area contributed by atoms with Crippen LogP contribution < -0.4 is 4.90 Å². The Hall–Kier alpha value is -1.10. The molecule has 0 spiro atoms. The van der Waals surface area contributed by atoms with Crippen molar-refractivity contribution in [2.75, 3.05) is 4.90 Å². The number of hydrogen-bond acceptors (Lipinski definition) is 3. The van der Waals surface area contributed by atoms with Crippen LogP contribution in [0.1, 0.15) is 26.7 Å². The number of benzene rings is 1. The predicted molar refractivity (Wildman–Crippen MR) is 71.4 cm³/mol. The zero-order chi connectivity index (χ0) is 12.6. The molecule has 1 fully saturated rings. The van der Waals surface area contributed by atoms with E-state index in [1.54, 1.807) is 6.07 Å². The molecule has 5 heteroatoms. The molecule has 0 radical (unpaired) electrons. The second-order valence-corrected chi connectivity index (χ2v) is 5.49. The Kier molecular flexibility index (Phi) is 3.38. The Labute approximate surface area is 109 Å². The van der Waals surface area contributed by atoms with E-state index in [9.17, 15) is 10.1 Å². The van der Waals surface area contributed by atoms with Crippen LogP contribution in [0.5, 0.6) is 0 Å². The smallest absolute Gasteiger partial charge is 0.293 e. The lowest BCUT2D eigenvalue weighted by Gasteiger charge is -2.28. The van der Waals surface area contributed by atoms with Crippen molar-refractivity contribution in [2.24, 2.45) is 0 Å². The van der Waals surface area contributed by atoms with Crippen LogP contribution in [0, 0.1) is 10.1 Å². The molecule has 1 heterocycles. The maximum absolute atomic E-state index is 11.1. The van der Waals surface area contributed by atoms with Crippen LogP contribution in [0.2, 0.25) is 0 Å². The van der Waals surface area contributed by atoms with E-state index < -0.39 is 0 Å². The number of anilines is 1. The monoisotopic (exact) mass is 298 g/mol. The standard InChI is InChI=1S/C12H15BrN2O2/c1-8-3-4-9(2)14(8)11-6-5-10(13)7-12(11)15(16)17/h5-9H,3-4H2,1-2H3/t8-,9+. The van der Waals surface area contributed by atoms with Crippen LogP contribution in [-0.2, 0) is 0 Å². The molecule has 0 aliphatic carbocycles. The molecule has 0 aromatic heterocycles. The van der Waals surface area contributed by atoms with E-state index in [-0.39, 0.29) is 10.6 Å². The van der Waals surface area contributed by atoms with E-state index in [4.69, 9.17) is 0 Å². The van der Waals surface area contributed by atoms with Gasteiger partial charge in [0.15, 0.2) is 0 Å². The first kappa shape index (κ1) is 12.4. The lowest BCUT2D eigenvalue weighted by Crippen LogP contribution is -2.33. The second-order valence-electron chi connectivity index (χ2n) is 4.57. The van der Waals surface area contributed by atoms with Gasteiger partial charge in [0, 0.05) is 22.6 Å². The molecule has 1 aliphatic heterocycles. The fourth-order valence-electron chi connectivity index (χ4n) is 2.53. The van der Waals surface area contributed by atoms with Gasteiger partial charge in [-0.1, -0.05) is 15.9 Å². The molecule has 4 nitrogen and oxygen atoms in total. The zero-order valence-corrected chi connectivity index (χ0v) is 11.5. The number of rotatable bonds is 2. The summed E-state index contributed by atoms with van der Waals surface area (Å²) in [6.45, 7) is 4.24. The Morgan fingerprint density at radius 3 is 2.47 bits per heavy atom. The highest BCUT2D eigenvalue weighted by Gasteiger charge is 2.31. The van der Waals surface area contributed by atoms with E-state index >= 15 is 0 Å². The van der Waals surface area contributed by atoms with Crippen LogP contribution in [0.25, 0.3) is 0 Å². The third-order valence-electron chi connectivity index (χ3n) is 3.36. The van der Waals surface area contributed by atoms with Crippen LogP contribution in [0.4, 0.5) is 11.4 Å². The molecule has 92 valence electrons. The van der Waals surface area contributed by atoms with Crippen molar-refractivity contribution in [3.8, 4) is 0 Å². The van der Waals surface area contributed by atoms with Gasteiger partial charge in [-0.3, -0.25) is 10.1 Å². The Bertz CT molecular complexity index is 440. The van der Waals surface area contributed by atoms with Crippen molar-refractivity contribution >= 4 is 27.3 Å². The normalized spacial score (nSPS) is 24.1. The number of hydrogen-bond donors (Lipinski definition) is 0. The molecular formula is C12H15BrN2O2. The molecule has 1 aromatic rings. The first-order valence-corrected chi connectivity index (χ1v) is 6.52. The van der Waals surface area contributed by atoms with E-state index in [0.29, 0.717) is 12.1 Å². The van der Waals surface area contributed by atoms with Gasteiger partial charge >= 0.3 is 0 Å². The van der Waals surface area contributed by atoms with Crippen LogP contribution in [-0.4, -0.2) is 17.0 Å². The van der Waals surface area contributed by atoms with Crippen molar-refractivity contribution in [3.63, 3.8) is 0 Å². The molecule has 2 atom stereocenters. The lowest BCUT2D eigenvalue weighted by atomic mass is 10.2. The molecule has 0 saturated carbocycles. The average molecular weight is 299 g/mol. The second kappa shape index (κ2) is 4.64. The van der Waals surface area contributed by atoms with Crippen LogP contribution >= 0.6 is 15.9 Å². The Morgan fingerprint density at radius 1 is 1.35 bits per heavy atom. The summed E-state index contributed by atoms with van der Waals surface area (Å²) in [6.07, 6.45) is 2.18. The van der Waals surface area contributed by atoms with Crippen molar-refractivity contribution in [1.29, 1.82) is 0 Å². The van der Waals surface area contributed by atoms with Crippen LogP contribution in [0.3, 0.4) is 0 Å². The topological polar surface area (TPSA) is 46.4 Å². The number of nitro benzene ring substituents is 1. The summed E-state index contributed by atoms with van der Waals surface area (Å²) >= 11 is 3.28. The van der Waals surface area contributed by atoms with Gasteiger partial charge in [0.1, 0.15) is 5.69 Å².